The third kappa shape index (κ3) is 5.26. The predicted molar refractivity (Wildman–Crippen MR) is 110 cm³/mol. The van der Waals surface area contributed by atoms with Crippen molar-refractivity contribution in [3.63, 3.8) is 0 Å². The Morgan fingerprint density at radius 1 is 1.28 bits per heavy atom. The molecule has 1 amide bonds. The number of nitro benzene ring substituents is 1. The van der Waals surface area contributed by atoms with Crippen LogP contribution in [0.25, 0.3) is 0 Å². The van der Waals surface area contributed by atoms with Crippen molar-refractivity contribution in [2.24, 2.45) is 5.10 Å². The van der Waals surface area contributed by atoms with E-state index in [4.69, 9.17) is 4.74 Å². The van der Waals surface area contributed by atoms with Crippen LogP contribution >= 0.6 is 15.9 Å². The molecule has 0 unspecified atom stereocenters. The van der Waals surface area contributed by atoms with Gasteiger partial charge in [0.05, 0.1) is 29.3 Å². The van der Waals surface area contributed by atoms with Gasteiger partial charge in [0.25, 0.3) is 11.6 Å². The Balaban J connectivity index is 1.63. The van der Waals surface area contributed by atoms with E-state index in [0.29, 0.717) is 11.0 Å². The highest BCUT2D eigenvalue weighted by Gasteiger charge is 2.15. The molecule has 0 saturated carbocycles. The number of ether oxygens (including phenoxy) is 1. The molecule has 0 atom stereocenters. The highest BCUT2D eigenvalue weighted by Crippen LogP contribution is 2.17. The smallest absolute Gasteiger partial charge is 0.293 e. The number of rotatable bonds is 7. The average molecular weight is 458 g/mol. The highest BCUT2D eigenvalue weighted by molar-refractivity contribution is 9.10. The molecule has 0 saturated heterocycles. The Hall–Kier alpha value is -3.53. The molecular weight excluding hydrogens is 442 g/mol. The van der Waals surface area contributed by atoms with Crippen molar-refractivity contribution in [3.8, 4) is 5.75 Å². The number of amides is 1. The van der Waals surface area contributed by atoms with E-state index in [9.17, 15) is 14.9 Å². The lowest BCUT2D eigenvalue weighted by molar-refractivity contribution is -0.384. The van der Waals surface area contributed by atoms with Crippen molar-refractivity contribution in [1.29, 1.82) is 0 Å². The second-order valence-electron chi connectivity index (χ2n) is 5.92. The summed E-state index contributed by atoms with van der Waals surface area (Å²) >= 11 is 3.32. The van der Waals surface area contributed by atoms with E-state index in [2.05, 4.69) is 31.6 Å². The van der Waals surface area contributed by atoms with E-state index in [1.807, 2.05) is 12.1 Å². The fraction of sp³-hybridized carbons (Fsp3) is 0.105. The molecule has 10 heteroatoms. The Labute approximate surface area is 174 Å². The van der Waals surface area contributed by atoms with Crippen molar-refractivity contribution in [1.82, 2.24) is 15.2 Å². The first-order valence-electron chi connectivity index (χ1n) is 8.40. The van der Waals surface area contributed by atoms with Gasteiger partial charge in [-0.3, -0.25) is 19.6 Å². The van der Waals surface area contributed by atoms with Crippen molar-refractivity contribution < 1.29 is 14.5 Å². The second-order valence-corrected chi connectivity index (χ2v) is 6.77. The maximum atomic E-state index is 12.3. The number of hydrazone groups is 1. The van der Waals surface area contributed by atoms with E-state index in [-0.39, 0.29) is 11.4 Å². The zero-order valence-electron chi connectivity index (χ0n) is 15.3. The van der Waals surface area contributed by atoms with Gasteiger partial charge in [-0.1, -0.05) is 12.1 Å². The third-order valence-electron chi connectivity index (χ3n) is 3.92. The van der Waals surface area contributed by atoms with Crippen LogP contribution in [0, 0.1) is 10.1 Å². The van der Waals surface area contributed by atoms with Gasteiger partial charge in [0, 0.05) is 18.3 Å². The molecular formula is C19H16BrN5O4. The standard InChI is InChI=1S/C19H16BrN5O4/c1-29-16-8-4-13(5-9-16)10-21-22-19(26)18-17(20)12-24(23-18)11-14-2-6-15(7-3-14)25(27)28/h2-10,12H,11H2,1H3,(H,22,26). The highest BCUT2D eigenvalue weighted by atomic mass is 79.9. The van der Waals surface area contributed by atoms with Crippen molar-refractivity contribution >= 4 is 33.7 Å². The minimum Gasteiger partial charge on any atom is -0.497 e. The molecule has 1 N–H and O–H groups in total. The molecule has 148 valence electrons. The zero-order chi connectivity index (χ0) is 20.8. The SMILES string of the molecule is COc1ccc(C=NNC(=O)c2nn(Cc3ccc([N+](=O)[O-])cc3)cc2Br)cc1. The number of carbonyl (C=O) groups is 1. The summed E-state index contributed by atoms with van der Waals surface area (Å²) in [6, 6.07) is 13.3. The fourth-order valence-electron chi connectivity index (χ4n) is 2.45. The molecule has 2 aromatic carbocycles. The molecule has 0 aliphatic carbocycles. The lowest BCUT2D eigenvalue weighted by atomic mass is 10.2. The van der Waals surface area contributed by atoms with Gasteiger partial charge in [-0.05, 0) is 51.3 Å². The van der Waals surface area contributed by atoms with Crippen LogP contribution in [0.1, 0.15) is 21.6 Å². The van der Waals surface area contributed by atoms with Crippen molar-refractivity contribution in [3.05, 3.63) is 86.1 Å². The van der Waals surface area contributed by atoms with Crippen molar-refractivity contribution in [2.45, 2.75) is 6.54 Å². The number of nitrogens with one attached hydrogen (secondary N) is 1. The maximum absolute atomic E-state index is 12.3. The van der Waals surface area contributed by atoms with Gasteiger partial charge in [0.15, 0.2) is 5.69 Å². The largest absolute Gasteiger partial charge is 0.497 e. The van der Waals surface area contributed by atoms with Crippen LogP contribution in [0.2, 0.25) is 0 Å². The summed E-state index contributed by atoms with van der Waals surface area (Å²) in [6.07, 6.45) is 3.17. The van der Waals surface area contributed by atoms with Gasteiger partial charge < -0.3 is 4.74 Å². The van der Waals surface area contributed by atoms with Crippen LogP contribution in [-0.2, 0) is 6.54 Å². The van der Waals surface area contributed by atoms with Crippen LogP contribution in [-0.4, -0.2) is 33.9 Å². The summed E-state index contributed by atoms with van der Waals surface area (Å²) in [4.78, 5) is 22.6. The summed E-state index contributed by atoms with van der Waals surface area (Å²) in [5, 5.41) is 18.9. The van der Waals surface area contributed by atoms with Gasteiger partial charge in [-0.25, -0.2) is 5.43 Å². The Kier molecular flexibility index (Phi) is 6.35. The molecule has 1 heterocycles. The van der Waals surface area contributed by atoms with Crippen LogP contribution < -0.4 is 10.2 Å². The van der Waals surface area contributed by atoms with E-state index in [1.165, 1.54) is 18.3 Å². The summed E-state index contributed by atoms with van der Waals surface area (Å²) in [7, 11) is 1.59. The number of nitrogens with zero attached hydrogens (tertiary/aromatic N) is 4. The molecule has 29 heavy (non-hydrogen) atoms. The minimum atomic E-state index is -0.468. The van der Waals surface area contributed by atoms with E-state index in [0.717, 1.165) is 16.9 Å². The van der Waals surface area contributed by atoms with Gasteiger partial charge in [-0.2, -0.15) is 10.2 Å². The number of benzene rings is 2. The van der Waals surface area contributed by atoms with Crippen LogP contribution in [0.4, 0.5) is 5.69 Å². The first-order chi connectivity index (χ1) is 14.0. The zero-order valence-corrected chi connectivity index (χ0v) is 16.9. The molecule has 9 nitrogen and oxygen atoms in total. The average Bonchev–Trinajstić information content (AvgIpc) is 3.09. The normalized spacial score (nSPS) is 10.8. The number of carbonyl (C=O) groups excluding carboxylic acids is 1. The fourth-order valence-corrected chi connectivity index (χ4v) is 2.95. The molecule has 1 aromatic heterocycles. The van der Waals surface area contributed by atoms with Gasteiger partial charge in [-0.15, -0.1) is 0 Å². The second kappa shape index (κ2) is 9.11. The number of aromatic nitrogens is 2. The third-order valence-corrected chi connectivity index (χ3v) is 4.50. The summed E-state index contributed by atoms with van der Waals surface area (Å²) in [5.74, 6) is 0.262. The number of non-ortho nitro benzene ring substituents is 1. The molecule has 0 fully saturated rings. The summed E-state index contributed by atoms with van der Waals surface area (Å²) < 4.78 is 7.16. The molecule has 3 aromatic rings. The number of hydrogen-bond donors (Lipinski definition) is 1. The Morgan fingerprint density at radius 3 is 2.59 bits per heavy atom. The Morgan fingerprint density at radius 2 is 1.97 bits per heavy atom. The molecule has 0 aliphatic rings. The monoisotopic (exact) mass is 457 g/mol. The lowest BCUT2D eigenvalue weighted by Crippen LogP contribution is -2.19. The van der Waals surface area contributed by atoms with Crippen LogP contribution in [0.5, 0.6) is 5.75 Å². The van der Waals surface area contributed by atoms with Gasteiger partial charge in [0.2, 0.25) is 0 Å². The van der Waals surface area contributed by atoms with Crippen LogP contribution in [0.15, 0.2) is 64.3 Å². The lowest BCUT2D eigenvalue weighted by Gasteiger charge is -2.01. The number of halogens is 1. The molecule has 0 aliphatic heterocycles. The topological polar surface area (TPSA) is 112 Å². The number of methoxy groups -OCH3 is 1. The molecule has 0 spiro atoms. The molecule has 0 radical (unpaired) electrons. The predicted octanol–water partition coefficient (Wildman–Crippen LogP) is 3.37. The van der Waals surface area contributed by atoms with Crippen molar-refractivity contribution in [2.75, 3.05) is 7.11 Å². The molecule has 0 bridgehead atoms. The Bertz CT molecular complexity index is 1050. The van der Waals surface area contributed by atoms with Gasteiger partial charge >= 0.3 is 0 Å². The first kappa shape index (κ1) is 20.2. The first-order valence-corrected chi connectivity index (χ1v) is 9.19. The van der Waals surface area contributed by atoms with E-state index < -0.39 is 10.8 Å². The van der Waals surface area contributed by atoms with E-state index >= 15 is 0 Å². The quantitative estimate of drug-likeness (QED) is 0.332. The minimum absolute atomic E-state index is 0.0187. The number of hydrogen-bond acceptors (Lipinski definition) is 6. The van der Waals surface area contributed by atoms with Gasteiger partial charge in [0.1, 0.15) is 5.75 Å². The van der Waals surface area contributed by atoms with Crippen LogP contribution in [0.3, 0.4) is 0 Å². The summed E-state index contributed by atoms with van der Waals surface area (Å²) in [6.45, 7) is 0.360. The van der Waals surface area contributed by atoms with E-state index in [1.54, 1.807) is 42.3 Å². The molecule has 3 rings (SSSR count). The summed E-state index contributed by atoms with van der Waals surface area (Å²) in [5.41, 5.74) is 4.25. The maximum Gasteiger partial charge on any atom is 0.293 e. The number of nitro groups is 1.